The lowest BCUT2D eigenvalue weighted by Gasteiger charge is -2.32. The van der Waals surface area contributed by atoms with Crippen molar-refractivity contribution >= 4 is 16.0 Å². The second kappa shape index (κ2) is 9.89. The van der Waals surface area contributed by atoms with Gasteiger partial charge in [-0.25, -0.2) is 8.42 Å². The molecule has 0 atom stereocenters. The van der Waals surface area contributed by atoms with Crippen molar-refractivity contribution in [2.45, 2.75) is 49.6 Å². The zero-order valence-corrected chi connectivity index (χ0v) is 17.4. The molecular weight excluding hydrogens is 390 g/mol. The molecule has 0 unspecified atom stereocenters. The van der Waals surface area contributed by atoms with Crippen LogP contribution < -0.4 is 4.74 Å². The molecule has 0 aromatic heterocycles. The molecule has 0 heterocycles. The molecule has 156 valence electrons. The summed E-state index contributed by atoms with van der Waals surface area (Å²) in [6, 6.07) is 15.4. The van der Waals surface area contributed by atoms with Crippen molar-refractivity contribution in [2.24, 2.45) is 0 Å². The highest BCUT2D eigenvalue weighted by Crippen LogP contribution is 2.28. The summed E-state index contributed by atoms with van der Waals surface area (Å²) < 4.78 is 38.4. The Kier molecular flexibility index (Phi) is 7.28. The summed E-state index contributed by atoms with van der Waals surface area (Å²) in [6.45, 7) is -0.160. The van der Waals surface area contributed by atoms with Crippen molar-refractivity contribution in [3.05, 3.63) is 60.2 Å². The van der Waals surface area contributed by atoms with Crippen LogP contribution in [0.25, 0.3) is 0 Å². The van der Waals surface area contributed by atoms with E-state index in [9.17, 15) is 13.2 Å². The van der Waals surface area contributed by atoms with E-state index < -0.39 is 16.0 Å². The van der Waals surface area contributed by atoms with Gasteiger partial charge in [-0.2, -0.15) is 4.31 Å². The monoisotopic (exact) mass is 417 g/mol. The Morgan fingerprint density at radius 2 is 1.66 bits per heavy atom. The van der Waals surface area contributed by atoms with Gasteiger partial charge in [-0.3, -0.25) is 4.79 Å². The first-order chi connectivity index (χ1) is 14.0. The number of nitrogens with zero attached hydrogens (tertiary/aromatic N) is 1. The predicted molar refractivity (Wildman–Crippen MR) is 110 cm³/mol. The van der Waals surface area contributed by atoms with Crippen molar-refractivity contribution in [3.8, 4) is 5.75 Å². The Balaban J connectivity index is 1.77. The summed E-state index contributed by atoms with van der Waals surface area (Å²) in [6.07, 6.45) is 4.50. The lowest BCUT2D eigenvalue weighted by atomic mass is 9.95. The molecule has 2 aromatic carbocycles. The fourth-order valence-corrected chi connectivity index (χ4v) is 5.20. The maximum atomic E-state index is 13.3. The molecule has 7 heteroatoms. The minimum atomic E-state index is -3.83. The molecule has 1 fully saturated rings. The van der Waals surface area contributed by atoms with E-state index in [1.165, 1.54) is 23.5 Å². The molecule has 6 nitrogen and oxygen atoms in total. The SMILES string of the molecule is COc1ccc(S(=O)(=O)N(CC(=O)OCc2ccccc2)C2CCCCC2)cc1. The zero-order chi connectivity index (χ0) is 20.7. The van der Waals surface area contributed by atoms with E-state index in [0.717, 1.165) is 37.7 Å². The lowest BCUT2D eigenvalue weighted by Crippen LogP contribution is -2.44. The molecule has 1 saturated carbocycles. The van der Waals surface area contributed by atoms with E-state index in [1.807, 2.05) is 30.3 Å². The molecule has 29 heavy (non-hydrogen) atoms. The third-order valence-corrected chi connectivity index (χ3v) is 7.09. The number of ether oxygens (including phenoxy) is 2. The van der Waals surface area contributed by atoms with Crippen molar-refractivity contribution in [1.29, 1.82) is 0 Å². The van der Waals surface area contributed by atoms with Crippen LogP contribution in [-0.4, -0.2) is 38.4 Å². The molecule has 0 radical (unpaired) electrons. The molecule has 0 saturated heterocycles. The van der Waals surface area contributed by atoms with Crippen molar-refractivity contribution in [3.63, 3.8) is 0 Å². The molecule has 0 N–H and O–H groups in total. The molecule has 3 rings (SSSR count). The van der Waals surface area contributed by atoms with Gasteiger partial charge in [-0.05, 0) is 42.7 Å². The molecule has 0 amide bonds. The highest BCUT2D eigenvalue weighted by atomic mass is 32.2. The van der Waals surface area contributed by atoms with Crippen LogP contribution in [0.15, 0.2) is 59.5 Å². The van der Waals surface area contributed by atoms with Gasteiger partial charge in [0.2, 0.25) is 10.0 Å². The highest BCUT2D eigenvalue weighted by Gasteiger charge is 2.34. The van der Waals surface area contributed by atoms with Gasteiger partial charge in [0, 0.05) is 6.04 Å². The van der Waals surface area contributed by atoms with Crippen LogP contribution >= 0.6 is 0 Å². The van der Waals surface area contributed by atoms with Gasteiger partial charge < -0.3 is 9.47 Å². The van der Waals surface area contributed by atoms with Crippen LogP contribution in [0.1, 0.15) is 37.7 Å². The van der Waals surface area contributed by atoms with Gasteiger partial charge in [0.1, 0.15) is 18.9 Å². The summed E-state index contributed by atoms with van der Waals surface area (Å²) in [4.78, 5) is 12.7. The van der Waals surface area contributed by atoms with Gasteiger partial charge in [0.25, 0.3) is 0 Å². The molecule has 1 aliphatic carbocycles. The summed E-state index contributed by atoms with van der Waals surface area (Å²) >= 11 is 0. The van der Waals surface area contributed by atoms with Crippen LogP contribution in [0.3, 0.4) is 0 Å². The number of carbonyl (C=O) groups is 1. The third-order valence-electron chi connectivity index (χ3n) is 5.18. The minimum absolute atomic E-state index is 0.126. The number of rotatable bonds is 8. The summed E-state index contributed by atoms with van der Waals surface area (Å²) in [7, 11) is -2.30. The van der Waals surface area contributed by atoms with E-state index in [-0.39, 0.29) is 24.1 Å². The van der Waals surface area contributed by atoms with E-state index in [0.29, 0.717) is 5.75 Å². The van der Waals surface area contributed by atoms with Crippen LogP contribution in [0.2, 0.25) is 0 Å². The third kappa shape index (κ3) is 5.58. The highest BCUT2D eigenvalue weighted by molar-refractivity contribution is 7.89. The fraction of sp³-hybridized carbons (Fsp3) is 0.409. The molecule has 1 aliphatic rings. The largest absolute Gasteiger partial charge is 0.497 e. The van der Waals surface area contributed by atoms with Crippen LogP contribution in [0.5, 0.6) is 5.75 Å². The normalized spacial score (nSPS) is 15.2. The Morgan fingerprint density at radius 1 is 1.00 bits per heavy atom. The van der Waals surface area contributed by atoms with Gasteiger partial charge in [-0.1, -0.05) is 49.6 Å². The number of esters is 1. The first kappa shape index (κ1) is 21.3. The quantitative estimate of drug-likeness (QED) is 0.612. The first-order valence-corrected chi connectivity index (χ1v) is 11.3. The number of benzene rings is 2. The van der Waals surface area contributed by atoms with Gasteiger partial charge in [-0.15, -0.1) is 0 Å². The van der Waals surface area contributed by atoms with Gasteiger partial charge >= 0.3 is 5.97 Å². The first-order valence-electron chi connectivity index (χ1n) is 9.86. The maximum Gasteiger partial charge on any atom is 0.321 e. The Morgan fingerprint density at radius 3 is 2.28 bits per heavy atom. The second-order valence-electron chi connectivity index (χ2n) is 7.16. The van der Waals surface area contributed by atoms with Crippen molar-refractivity contribution in [1.82, 2.24) is 4.31 Å². The Bertz CT molecular complexity index is 891. The van der Waals surface area contributed by atoms with Gasteiger partial charge in [0.15, 0.2) is 0 Å². The number of sulfonamides is 1. The molecule has 2 aromatic rings. The van der Waals surface area contributed by atoms with Crippen LogP contribution in [-0.2, 0) is 26.2 Å². The summed E-state index contributed by atoms with van der Waals surface area (Å²) in [5.41, 5.74) is 0.864. The zero-order valence-electron chi connectivity index (χ0n) is 16.6. The minimum Gasteiger partial charge on any atom is -0.497 e. The number of hydrogen-bond acceptors (Lipinski definition) is 5. The van der Waals surface area contributed by atoms with E-state index >= 15 is 0 Å². The lowest BCUT2D eigenvalue weighted by molar-refractivity contribution is -0.145. The summed E-state index contributed by atoms with van der Waals surface area (Å²) in [5, 5.41) is 0. The van der Waals surface area contributed by atoms with E-state index in [2.05, 4.69) is 0 Å². The van der Waals surface area contributed by atoms with Crippen LogP contribution in [0.4, 0.5) is 0 Å². The molecule has 0 aliphatic heterocycles. The summed E-state index contributed by atoms with van der Waals surface area (Å²) in [5.74, 6) is 0.0342. The average Bonchev–Trinajstić information content (AvgIpc) is 2.77. The van der Waals surface area contributed by atoms with Gasteiger partial charge in [0.05, 0.1) is 12.0 Å². The molecule has 0 bridgehead atoms. The number of carbonyl (C=O) groups excluding carboxylic acids is 1. The average molecular weight is 418 g/mol. The smallest absolute Gasteiger partial charge is 0.321 e. The fourth-order valence-electron chi connectivity index (χ4n) is 3.57. The van der Waals surface area contributed by atoms with E-state index in [4.69, 9.17) is 9.47 Å². The van der Waals surface area contributed by atoms with Crippen molar-refractivity contribution < 1.29 is 22.7 Å². The topological polar surface area (TPSA) is 72.9 Å². The van der Waals surface area contributed by atoms with E-state index in [1.54, 1.807) is 12.1 Å². The number of hydrogen-bond donors (Lipinski definition) is 0. The van der Waals surface area contributed by atoms with Crippen molar-refractivity contribution in [2.75, 3.05) is 13.7 Å². The Labute approximate surface area is 172 Å². The maximum absolute atomic E-state index is 13.3. The Hall–Kier alpha value is -2.38. The number of methoxy groups -OCH3 is 1. The second-order valence-corrected chi connectivity index (χ2v) is 9.05. The standard InChI is InChI=1S/C22H27NO5S/c1-27-20-12-14-21(15-13-20)29(25,26)23(19-10-6-3-7-11-19)16-22(24)28-17-18-8-4-2-5-9-18/h2,4-5,8-9,12-15,19H,3,6-7,10-11,16-17H2,1H3. The predicted octanol–water partition coefficient (Wildman–Crippen LogP) is 3.76. The molecular formula is C22H27NO5S. The molecule has 0 spiro atoms. The van der Waals surface area contributed by atoms with Crippen LogP contribution in [0, 0.1) is 0 Å².